The number of aliphatic imine (C=N–C) groups is 1. The van der Waals surface area contributed by atoms with Gasteiger partial charge in [-0.1, -0.05) is 13.3 Å². The molecule has 1 unspecified atom stereocenters. The second kappa shape index (κ2) is 7.86. The maximum absolute atomic E-state index is 12.7. The van der Waals surface area contributed by atoms with Crippen LogP contribution in [0.5, 0.6) is 5.75 Å². The molecule has 8 heteroatoms. The third kappa shape index (κ3) is 4.50. The number of carbonyl (C=O) groups excluding carboxylic acids is 2. The molecule has 0 spiro atoms. The highest BCUT2D eigenvalue weighted by Crippen LogP contribution is 2.30. The second-order valence-electron chi connectivity index (χ2n) is 6.07. The van der Waals surface area contributed by atoms with Crippen molar-refractivity contribution in [3.05, 3.63) is 28.3 Å². The van der Waals surface area contributed by atoms with Crippen molar-refractivity contribution in [3.63, 3.8) is 0 Å². The van der Waals surface area contributed by atoms with Gasteiger partial charge in [-0.2, -0.15) is 0 Å². The van der Waals surface area contributed by atoms with Crippen molar-refractivity contribution in [2.24, 2.45) is 4.99 Å². The fraction of sp³-hybridized carbons (Fsp3) is 0.529. The average Bonchev–Trinajstić information content (AvgIpc) is 2.98. The summed E-state index contributed by atoms with van der Waals surface area (Å²) in [6, 6.07) is 2.36. The fourth-order valence-electron chi connectivity index (χ4n) is 2.44. The zero-order valence-corrected chi connectivity index (χ0v) is 15.6. The average molecular weight is 366 g/mol. The van der Waals surface area contributed by atoms with Crippen LogP contribution in [0, 0.1) is 0 Å². The molecule has 0 aromatic carbocycles. The first-order valence-electron chi connectivity index (χ1n) is 8.02. The number of ether oxygens (including phenoxy) is 1. The molecule has 0 fully saturated rings. The van der Waals surface area contributed by atoms with Crippen LogP contribution in [0.15, 0.2) is 26.3 Å². The summed E-state index contributed by atoms with van der Waals surface area (Å²) in [6.45, 7) is 5.09. The zero-order chi connectivity index (χ0) is 18.6. The molecule has 136 valence electrons. The van der Waals surface area contributed by atoms with Gasteiger partial charge >= 0.3 is 5.63 Å². The molecule has 2 rings (SSSR count). The van der Waals surface area contributed by atoms with Crippen molar-refractivity contribution in [2.45, 2.75) is 45.2 Å². The van der Waals surface area contributed by atoms with Crippen LogP contribution in [-0.2, 0) is 9.59 Å². The lowest BCUT2D eigenvalue weighted by molar-refractivity contribution is -0.125. The quantitative estimate of drug-likeness (QED) is 0.793. The predicted octanol–water partition coefficient (Wildman–Crippen LogP) is 2.10. The summed E-state index contributed by atoms with van der Waals surface area (Å²) in [6.07, 6.45) is 1.37. The normalized spacial score (nSPS) is 20.7. The van der Waals surface area contributed by atoms with E-state index in [1.54, 1.807) is 13.0 Å². The van der Waals surface area contributed by atoms with E-state index in [0.717, 1.165) is 6.42 Å². The Morgan fingerprint density at radius 2 is 2.20 bits per heavy atom. The number of ketones is 1. The van der Waals surface area contributed by atoms with Crippen LogP contribution in [0.3, 0.4) is 0 Å². The summed E-state index contributed by atoms with van der Waals surface area (Å²) >= 11 is 1.28. The van der Waals surface area contributed by atoms with Crippen LogP contribution in [-0.4, -0.2) is 35.1 Å². The minimum atomic E-state index is -1.02. The highest BCUT2D eigenvalue weighted by molar-refractivity contribution is 8.16. The molecule has 1 aromatic heterocycles. The van der Waals surface area contributed by atoms with Crippen LogP contribution in [0.2, 0.25) is 0 Å². The summed E-state index contributed by atoms with van der Waals surface area (Å²) in [4.78, 5) is 40.2. The van der Waals surface area contributed by atoms with Crippen LogP contribution < -0.4 is 15.7 Å². The first kappa shape index (κ1) is 19.2. The summed E-state index contributed by atoms with van der Waals surface area (Å²) in [5, 5.41) is 3.25. The number of hydrogen-bond acceptors (Lipinski definition) is 7. The Kier molecular flexibility index (Phi) is 6.05. The summed E-state index contributed by atoms with van der Waals surface area (Å²) in [5.74, 6) is 0.658. The van der Waals surface area contributed by atoms with Gasteiger partial charge in [0.25, 0.3) is 0 Å². The smallest absolute Gasteiger partial charge is 0.339 e. The SMILES string of the molecule is CCC[C@@H](NC(=O)C1(C)CSC(C(C)=O)=N1)c1cc(OC)cc(=O)o1. The molecule has 1 aliphatic rings. The number of amides is 1. The van der Waals surface area contributed by atoms with Gasteiger partial charge in [0.05, 0.1) is 19.2 Å². The molecule has 0 saturated heterocycles. The Bertz CT molecular complexity index is 758. The maximum Gasteiger partial charge on any atom is 0.339 e. The van der Waals surface area contributed by atoms with E-state index in [2.05, 4.69) is 10.3 Å². The molecule has 1 aliphatic heterocycles. The van der Waals surface area contributed by atoms with Crippen molar-refractivity contribution < 1.29 is 18.7 Å². The van der Waals surface area contributed by atoms with Gasteiger partial charge < -0.3 is 14.5 Å². The number of rotatable bonds is 7. The largest absolute Gasteiger partial charge is 0.496 e. The molecule has 1 amide bonds. The van der Waals surface area contributed by atoms with Gasteiger partial charge in [-0.3, -0.25) is 14.6 Å². The van der Waals surface area contributed by atoms with Gasteiger partial charge in [0.15, 0.2) is 5.78 Å². The molecule has 0 saturated carbocycles. The Balaban J connectivity index is 2.25. The van der Waals surface area contributed by atoms with Crippen LogP contribution in [0.25, 0.3) is 0 Å². The van der Waals surface area contributed by atoms with E-state index in [1.165, 1.54) is 31.9 Å². The molecule has 0 radical (unpaired) electrons. The van der Waals surface area contributed by atoms with Gasteiger partial charge in [0, 0.05) is 18.7 Å². The van der Waals surface area contributed by atoms with Crippen LogP contribution in [0.1, 0.15) is 45.4 Å². The number of methoxy groups -OCH3 is 1. The lowest BCUT2D eigenvalue weighted by Crippen LogP contribution is -2.45. The standard InChI is InChI=1S/C17H22N2O5S/c1-5-6-12(13-7-11(23-4)8-14(21)24-13)18-16(22)17(3)9-25-15(19-17)10(2)20/h7-8,12H,5-6,9H2,1-4H3,(H,18,22)/t12-,17?/m1/s1. The number of thioether (sulfide) groups is 1. The molecule has 0 aliphatic carbocycles. The Morgan fingerprint density at radius 1 is 1.48 bits per heavy atom. The molecule has 1 aromatic rings. The van der Waals surface area contributed by atoms with Gasteiger partial charge in [0.1, 0.15) is 22.1 Å². The molecular weight excluding hydrogens is 344 g/mol. The number of carbonyl (C=O) groups is 2. The molecular formula is C17H22N2O5S. The Hall–Kier alpha value is -2.09. The van der Waals surface area contributed by atoms with Gasteiger partial charge in [-0.25, -0.2) is 4.79 Å². The van der Waals surface area contributed by atoms with Crippen LogP contribution in [0.4, 0.5) is 0 Å². The highest BCUT2D eigenvalue weighted by Gasteiger charge is 2.40. The topological polar surface area (TPSA) is 98.0 Å². The van der Waals surface area contributed by atoms with Crippen LogP contribution >= 0.6 is 11.8 Å². The van der Waals surface area contributed by atoms with E-state index in [-0.39, 0.29) is 11.7 Å². The fourth-order valence-corrected chi connectivity index (χ4v) is 3.53. The summed E-state index contributed by atoms with van der Waals surface area (Å²) < 4.78 is 10.3. The third-order valence-corrected chi connectivity index (χ3v) is 5.21. The first-order chi connectivity index (χ1) is 11.8. The number of nitrogens with one attached hydrogen (secondary N) is 1. The van der Waals surface area contributed by atoms with E-state index in [0.29, 0.717) is 28.7 Å². The molecule has 7 nitrogen and oxygen atoms in total. The van der Waals surface area contributed by atoms with Crippen molar-refractivity contribution in [1.82, 2.24) is 5.32 Å². The van der Waals surface area contributed by atoms with E-state index < -0.39 is 17.2 Å². The number of nitrogens with zero attached hydrogens (tertiary/aromatic N) is 1. The van der Waals surface area contributed by atoms with Gasteiger partial charge in [-0.05, 0) is 13.3 Å². The Morgan fingerprint density at radius 3 is 2.76 bits per heavy atom. The highest BCUT2D eigenvalue weighted by atomic mass is 32.2. The summed E-state index contributed by atoms with van der Waals surface area (Å²) in [5.41, 5.74) is -1.55. The molecule has 1 N–H and O–H groups in total. The van der Waals surface area contributed by atoms with Gasteiger partial charge in [-0.15, -0.1) is 11.8 Å². The van der Waals surface area contributed by atoms with Gasteiger partial charge in [0.2, 0.25) is 5.91 Å². The second-order valence-corrected chi connectivity index (χ2v) is 7.03. The van der Waals surface area contributed by atoms with E-state index in [9.17, 15) is 14.4 Å². The lowest BCUT2D eigenvalue weighted by atomic mass is 10.0. The minimum Gasteiger partial charge on any atom is -0.496 e. The van der Waals surface area contributed by atoms with Crippen molar-refractivity contribution in [1.29, 1.82) is 0 Å². The third-order valence-electron chi connectivity index (χ3n) is 3.85. The molecule has 2 heterocycles. The molecule has 2 atom stereocenters. The predicted molar refractivity (Wildman–Crippen MR) is 96.3 cm³/mol. The van der Waals surface area contributed by atoms with E-state index in [4.69, 9.17) is 9.15 Å². The number of hydrogen-bond donors (Lipinski definition) is 1. The first-order valence-corrected chi connectivity index (χ1v) is 9.01. The summed E-state index contributed by atoms with van der Waals surface area (Å²) in [7, 11) is 1.46. The molecule has 25 heavy (non-hydrogen) atoms. The van der Waals surface area contributed by atoms with Crippen molar-refractivity contribution >= 4 is 28.5 Å². The minimum absolute atomic E-state index is 0.148. The van der Waals surface area contributed by atoms with Crippen molar-refractivity contribution in [3.8, 4) is 5.75 Å². The number of Topliss-reactive ketones (excluding diaryl/α,β-unsaturated/α-hetero) is 1. The Labute approximate surface area is 150 Å². The maximum atomic E-state index is 12.7. The van der Waals surface area contributed by atoms with Crippen molar-refractivity contribution in [2.75, 3.05) is 12.9 Å². The lowest BCUT2D eigenvalue weighted by Gasteiger charge is -2.24. The zero-order valence-electron chi connectivity index (χ0n) is 14.8. The van der Waals surface area contributed by atoms with E-state index >= 15 is 0 Å². The van der Waals surface area contributed by atoms with E-state index in [1.807, 2.05) is 6.92 Å². The monoisotopic (exact) mass is 366 g/mol. The molecule has 0 bridgehead atoms.